The molecule has 2 N–H and O–H groups in total. The molecule has 4 nitrogen and oxygen atoms in total. The van der Waals surface area contributed by atoms with Crippen LogP contribution >= 0.6 is 15.9 Å². The van der Waals surface area contributed by atoms with Gasteiger partial charge in [-0.25, -0.2) is 0 Å². The molecule has 2 bridgehead atoms. The number of benzene rings is 1. The quantitative estimate of drug-likeness (QED) is 0.771. The van der Waals surface area contributed by atoms with Crippen molar-refractivity contribution in [2.75, 3.05) is 5.32 Å². The van der Waals surface area contributed by atoms with Crippen molar-refractivity contribution in [2.24, 2.45) is 35.5 Å². The summed E-state index contributed by atoms with van der Waals surface area (Å²) in [6, 6.07) is 5.77. The molecule has 0 unspecified atom stereocenters. The normalized spacial score (nSPS) is 35.4. The molecule has 24 heavy (non-hydrogen) atoms. The Kier molecular flexibility index (Phi) is 3.79. The molecule has 4 aliphatic carbocycles. The second-order valence-electron chi connectivity index (χ2n) is 7.14. The van der Waals surface area contributed by atoms with Gasteiger partial charge in [0, 0.05) is 10.2 Å². The SMILES string of the molecule is CCc1cc(Br)ccc1NC(=O)[C@H]1[C@H]2C=C[C@@H]([C@@H]3C[C@H]23)[C@@H]1C(=O)O. The maximum absolute atomic E-state index is 13.0. The van der Waals surface area contributed by atoms with Gasteiger partial charge in [0.05, 0.1) is 11.8 Å². The largest absolute Gasteiger partial charge is 0.481 e. The summed E-state index contributed by atoms with van der Waals surface area (Å²) in [6.45, 7) is 2.04. The van der Waals surface area contributed by atoms with Gasteiger partial charge in [0.1, 0.15) is 0 Å². The number of carboxylic acids is 1. The lowest BCUT2D eigenvalue weighted by atomic mass is 9.62. The van der Waals surface area contributed by atoms with Crippen molar-refractivity contribution >= 4 is 33.5 Å². The number of carbonyl (C=O) groups excluding carboxylic acids is 1. The number of amides is 1. The molecule has 6 atom stereocenters. The van der Waals surface area contributed by atoms with E-state index >= 15 is 0 Å². The van der Waals surface area contributed by atoms with Crippen molar-refractivity contribution in [1.82, 2.24) is 0 Å². The highest BCUT2D eigenvalue weighted by atomic mass is 79.9. The molecule has 0 aliphatic heterocycles. The molecule has 5 heteroatoms. The van der Waals surface area contributed by atoms with Crippen LogP contribution in [0.5, 0.6) is 0 Å². The Morgan fingerprint density at radius 3 is 2.50 bits per heavy atom. The topological polar surface area (TPSA) is 66.4 Å². The number of halogens is 1. The van der Waals surface area contributed by atoms with E-state index in [1.165, 1.54) is 0 Å². The van der Waals surface area contributed by atoms with Crippen LogP contribution in [0.2, 0.25) is 0 Å². The first-order chi connectivity index (χ1) is 11.5. The van der Waals surface area contributed by atoms with Crippen LogP contribution in [0, 0.1) is 35.5 Å². The summed E-state index contributed by atoms with van der Waals surface area (Å²) < 4.78 is 0.973. The molecule has 2 fully saturated rings. The summed E-state index contributed by atoms with van der Waals surface area (Å²) in [6.07, 6.45) is 6.00. The molecular formula is C19H20BrNO3. The summed E-state index contributed by atoms with van der Waals surface area (Å²) in [5.41, 5.74) is 1.83. The summed E-state index contributed by atoms with van der Waals surface area (Å²) in [4.78, 5) is 24.8. The molecular weight excluding hydrogens is 370 g/mol. The number of aryl methyl sites for hydroxylation is 1. The summed E-state index contributed by atoms with van der Waals surface area (Å²) in [5.74, 6) is -0.981. The van der Waals surface area contributed by atoms with Crippen molar-refractivity contribution < 1.29 is 14.7 Å². The van der Waals surface area contributed by atoms with E-state index in [1.807, 2.05) is 31.2 Å². The Hall–Kier alpha value is -1.62. The Morgan fingerprint density at radius 2 is 1.88 bits per heavy atom. The van der Waals surface area contributed by atoms with Crippen molar-refractivity contribution in [3.05, 3.63) is 40.4 Å². The number of hydrogen-bond acceptors (Lipinski definition) is 2. The molecule has 5 rings (SSSR count). The molecule has 2 saturated carbocycles. The van der Waals surface area contributed by atoms with Crippen molar-refractivity contribution in [1.29, 1.82) is 0 Å². The molecule has 0 aromatic heterocycles. The van der Waals surface area contributed by atoms with Gasteiger partial charge in [-0.1, -0.05) is 35.0 Å². The van der Waals surface area contributed by atoms with E-state index < -0.39 is 17.8 Å². The van der Waals surface area contributed by atoms with E-state index in [0.717, 1.165) is 28.6 Å². The van der Waals surface area contributed by atoms with Crippen LogP contribution in [0.4, 0.5) is 5.69 Å². The minimum Gasteiger partial charge on any atom is -0.481 e. The second-order valence-corrected chi connectivity index (χ2v) is 8.05. The monoisotopic (exact) mass is 389 g/mol. The van der Waals surface area contributed by atoms with Crippen LogP contribution in [0.3, 0.4) is 0 Å². The third-order valence-electron chi connectivity index (χ3n) is 5.95. The van der Waals surface area contributed by atoms with Gasteiger partial charge in [0.15, 0.2) is 0 Å². The third-order valence-corrected chi connectivity index (χ3v) is 6.44. The van der Waals surface area contributed by atoms with Gasteiger partial charge in [-0.15, -0.1) is 0 Å². The molecule has 0 heterocycles. The Bertz CT molecular complexity index is 744. The number of fused-ring (bicyclic) bond motifs is 1. The Labute approximate surface area is 149 Å². The van der Waals surface area contributed by atoms with Gasteiger partial charge in [0.2, 0.25) is 5.91 Å². The van der Waals surface area contributed by atoms with E-state index in [-0.39, 0.29) is 17.7 Å². The lowest BCUT2D eigenvalue weighted by molar-refractivity contribution is -0.152. The van der Waals surface area contributed by atoms with E-state index in [4.69, 9.17) is 0 Å². The van der Waals surface area contributed by atoms with Crippen LogP contribution in [-0.4, -0.2) is 17.0 Å². The van der Waals surface area contributed by atoms with E-state index in [0.29, 0.717) is 11.8 Å². The average Bonchev–Trinajstić information content (AvgIpc) is 3.37. The van der Waals surface area contributed by atoms with Gasteiger partial charge < -0.3 is 10.4 Å². The van der Waals surface area contributed by atoms with Crippen molar-refractivity contribution in [2.45, 2.75) is 19.8 Å². The molecule has 0 spiro atoms. The van der Waals surface area contributed by atoms with Gasteiger partial charge in [0.25, 0.3) is 0 Å². The number of hydrogen-bond donors (Lipinski definition) is 2. The Balaban J connectivity index is 1.62. The number of anilines is 1. The van der Waals surface area contributed by atoms with Crippen LogP contribution in [0.1, 0.15) is 18.9 Å². The zero-order valence-corrected chi connectivity index (χ0v) is 15.0. The molecule has 4 aliphatic rings. The number of aliphatic carboxylic acids is 1. The maximum atomic E-state index is 13.0. The van der Waals surface area contributed by atoms with Crippen LogP contribution in [0.25, 0.3) is 0 Å². The van der Waals surface area contributed by atoms with E-state index in [2.05, 4.69) is 27.3 Å². The first-order valence-electron chi connectivity index (χ1n) is 8.51. The van der Waals surface area contributed by atoms with Crippen LogP contribution in [-0.2, 0) is 16.0 Å². The predicted octanol–water partition coefficient (Wildman–Crippen LogP) is 3.72. The number of allylic oxidation sites excluding steroid dienone is 2. The van der Waals surface area contributed by atoms with Crippen molar-refractivity contribution in [3.63, 3.8) is 0 Å². The summed E-state index contributed by atoms with van der Waals surface area (Å²) >= 11 is 3.45. The average molecular weight is 390 g/mol. The molecule has 1 aromatic rings. The Morgan fingerprint density at radius 1 is 1.21 bits per heavy atom. The molecule has 0 radical (unpaired) electrons. The van der Waals surface area contributed by atoms with E-state index in [9.17, 15) is 14.7 Å². The van der Waals surface area contributed by atoms with Crippen molar-refractivity contribution in [3.8, 4) is 0 Å². The van der Waals surface area contributed by atoms with Gasteiger partial charge in [-0.2, -0.15) is 0 Å². The van der Waals surface area contributed by atoms with Crippen LogP contribution in [0.15, 0.2) is 34.8 Å². The smallest absolute Gasteiger partial charge is 0.307 e. The fraction of sp³-hybridized carbons (Fsp3) is 0.474. The zero-order chi connectivity index (χ0) is 17.0. The zero-order valence-electron chi connectivity index (χ0n) is 13.4. The molecule has 0 saturated heterocycles. The first kappa shape index (κ1) is 15.9. The third kappa shape index (κ3) is 2.41. The van der Waals surface area contributed by atoms with Gasteiger partial charge in [-0.05, 0) is 60.3 Å². The van der Waals surface area contributed by atoms with Gasteiger partial charge >= 0.3 is 5.97 Å². The molecule has 126 valence electrons. The lowest BCUT2D eigenvalue weighted by Gasteiger charge is -2.41. The fourth-order valence-corrected chi connectivity index (χ4v) is 5.17. The minimum absolute atomic E-state index is 0.0174. The number of carboxylic acid groups (broad SMARTS) is 1. The maximum Gasteiger partial charge on any atom is 0.307 e. The number of rotatable bonds is 4. The predicted molar refractivity (Wildman–Crippen MR) is 94.5 cm³/mol. The summed E-state index contributed by atoms with van der Waals surface area (Å²) in [5, 5.41) is 12.7. The van der Waals surface area contributed by atoms with Gasteiger partial charge in [-0.3, -0.25) is 9.59 Å². The standard InChI is InChI=1S/C19H20BrNO3/c1-2-9-7-10(20)3-6-15(9)21-18(22)16-11-4-5-12(14-8-13(11)14)17(16)19(23)24/h3-7,11-14,16-17H,2,8H2,1H3,(H,21,22)(H,23,24)/t11-,12-,13+,14-,16-,17-/m0/s1. The second kappa shape index (κ2) is 5.73. The highest BCUT2D eigenvalue weighted by Gasteiger charge is 2.62. The lowest BCUT2D eigenvalue weighted by Crippen LogP contribution is -2.48. The minimum atomic E-state index is -0.841. The van der Waals surface area contributed by atoms with E-state index in [1.54, 1.807) is 0 Å². The fourth-order valence-electron chi connectivity index (χ4n) is 4.76. The number of carbonyl (C=O) groups is 2. The highest BCUT2D eigenvalue weighted by Crippen LogP contribution is 2.63. The first-order valence-corrected chi connectivity index (χ1v) is 9.31. The number of nitrogens with one attached hydrogen (secondary N) is 1. The van der Waals surface area contributed by atoms with Crippen LogP contribution < -0.4 is 5.32 Å². The summed E-state index contributed by atoms with van der Waals surface area (Å²) in [7, 11) is 0. The molecule has 1 amide bonds. The molecule has 1 aromatic carbocycles. The highest BCUT2D eigenvalue weighted by molar-refractivity contribution is 9.10.